The zero-order valence-electron chi connectivity index (χ0n) is 8.81. The number of rotatable bonds is 1. The third-order valence-corrected chi connectivity index (χ3v) is 3.50. The molecule has 90 valence electrons. The summed E-state index contributed by atoms with van der Waals surface area (Å²) in [5.41, 5.74) is 1.48. The predicted octanol–water partition coefficient (Wildman–Crippen LogP) is 3.86. The van der Waals surface area contributed by atoms with Gasteiger partial charge in [-0.25, -0.2) is 0 Å². The van der Waals surface area contributed by atoms with Crippen molar-refractivity contribution in [3.8, 4) is 11.4 Å². The van der Waals surface area contributed by atoms with Crippen LogP contribution in [-0.4, -0.2) is 19.8 Å². The monoisotopic (exact) mass is 342 g/mol. The highest BCUT2D eigenvalue weighted by atomic mass is 79.9. The topological polar surface area (TPSA) is 43.1 Å². The summed E-state index contributed by atoms with van der Waals surface area (Å²) < 4.78 is 2.42. The molecule has 3 rings (SSSR count). The maximum Gasteiger partial charge on any atom is 0.186 e. The van der Waals surface area contributed by atoms with E-state index in [1.807, 2.05) is 6.07 Å². The lowest BCUT2D eigenvalue weighted by Crippen LogP contribution is -1.95. The third kappa shape index (κ3) is 1.98. The van der Waals surface area contributed by atoms with E-state index in [1.54, 1.807) is 28.8 Å². The minimum Gasteiger partial charge on any atom is -0.191 e. The highest BCUT2D eigenvalue weighted by Gasteiger charge is 2.12. The molecule has 0 spiro atoms. The van der Waals surface area contributed by atoms with Crippen molar-refractivity contribution in [3.63, 3.8) is 0 Å². The fourth-order valence-electron chi connectivity index (χ4n) is 1.61. The molecule has 4 nitrogen and oxygen atoms in total. The van der Waals surface area contributed by atoms with E-state index in [1.165, 1.54) is 0 Å². The van der Waals surface area contributed by atoms with Crippen LogP contribution in [0.1, 0.15) is 0 Å². The quantitative estimate of drug-likeness (QED) is 0.673. The first kappa shape index (κ1) is 11.9. The van der Waals surface area contributed by atoms with Crippen LogP contribution in [0, 0.1) is 0 Å². The number of hydrogen-bond acceptors (Lipinski definition) is 3. The molecule has 7 heteroatoms. The molecule has 0 bridgehead atoms. The Morgan fingerprint density at radius 1 is 1.06 bits per heavy atom. The van der Waals surface area contributed by atoms with Gasteiger partial charge in [-0.1, -0.05) is 23.2 Å². The molecule has 0 aliphatic rings. The second-order valence-corrected chi connectivity index (χ2v) is 5.25. The van der Waals surface area contributed by atoms with Gasteiger partial charge < -0.3 is 0 Å². The van der Waals surface area contributed by atoms with Crippen molar-refractivity contribution in [2.75, 3.05) is 0 Å². The summed E-state index contributed by atoms with van der Waals surface area (Å²) in [7, 11) is 0. The standard InChI is InChI=1S/C11H5BrCl2N4/c12-8-5-6(13)1-2-7(8)11-16-15-10-4-3-9(14)17-18(10)11/h1-5H. The van der Waals surface area contributed by atoms with E-state index in [9.17, 15) is 0 Å². The van der Waals surface area contributed by atoms with Crippen LogP contribution in [0.15, 0.2) is 34.8 Å². The van der Waals surface area contributed by atoms with Crippen LogP contribution in [0.25, 0.3) is 17.0 Å². The van der Waals surface area contributed by atoms with Crippen molar-refractivity contribution in [2.24, 2.45) is 0 Å². The van der Waals surface area contributed by atoms with Crippen molar-refractivity contribution in [3.05, 3.63) is 45.0 Å². The molecule has 0 aliphatic carbocycles. The van der Waals surface area contributed by atoms with Crippen molar-refractivity contribution in [2.45, 2.75) is 0 Å². The zero-order valence-corrected chi connectivity index (χ0v) is 11.9. The summed E-state index contributed by atoms with van der Waals surface area (Å²) in [6.45, 7) is 0. The summed E-state index contributed by atoms with van der Waals surface area (Å²) >= 11 is 15.2. The molecular weight excluding hydrogens is 339 g/mol. The van der Waals surface area contributed by atoms with Gasteiger partial charge in [-0.3, -0.25) is 0 Å². The number of hydrogen-bond donors (Lipinski definition) is 0. The van der Waals surface area contributed by atoms with Gasteiger partial charge in [0.15, 0.2) is 11.5 Å². The molecule has 0 fully saturated rings. The fourth-order valence-corrected chi connectivity index (χ4v) is 2.60. The smallest absolute Gasteiger partial charge is 0.186 e. The lowest BCUT2D eigenvalue weighted by molar-refractivity contribution is 0.935. The Kier molecular flexibility index (Phi) is 2.97. The van der Waals surface area contributed by atoms with Gasteiger partial charge in [0, 0.05) is 15.1 Å². The summed E-state index contributed by atoms with van der Waals surface area (Å²) in [4.78, 5) is 0. The number of halogens is 3. The molecule has 0 unspecified atom stereocenters. The third-order valence-electron chi connectivity index (χ3n) is 2.40. The van der Waals surface area contributed by atoms with Crippen molar-refractivity contribution in [1.29, 1.82) is 0 Å². The lowest BCUT2D eigenvalue weighted by atomic mass is 10.2. The first-order valence-corrected chi connectivity index (χ1v) is 6.53. The molecule has 0 N–H and O–H groups in total. The molecule has 0 aliphatic heterocycles. The van der Waals surface area contributed by atoms with Gasteiger partial charge >= 0.3 is 0 Å². The van der Waals surface area contributed by atoms with E-state index < -0.39 is 0 Å². The summed E-state index contributed by atoms with van der Waals surface area (Å²) in [6.07, 6.45) is 0. The lowest BCUT2D eigenvalue weighted by Gasteiger charge is -2.02. The zero-order chi connectivity index (χ0) is 12.7. The molecule has 2 aromatic heterocycles. The van der Waals surface area contributed by atoms with E-state index in [4.69, 9.17) is 23.2 Å². The largest absolute Gasteiger partial charge is 0.191 e. The minimum atomic E-state index is 0.383. The van der Waals surface area contributed by atoms with E-state index in [0.717, 1.165) is 10.0 Å². The molecule has 18 heavy (non-hydrogen) atoms. The molecule has 0 atom stereocenters. The van der Waals surface area contributed by atoms with Crippen molar-refractivity contribution < 1.29 is 0 Å². The first-order valence-electron chi connectivity index (χ1n) is 4.98. The van der Waals surface area contributed by atoms with Crippen LogP contribution < -0.4 is 0 Å². The van der Waals surface area contributed by atoms with Crippen LogP contribution >= 0.6 is 39.1 Å². The second-order valence-electron chi connectivity index (χ2n) is 3.57. The fraction of sp³-hybridized carbons (Fsp3) is 0. The predicted molar refractivity (Wildman–Crippen MR) is 73.9 cm³/mol. The highest BCUT2D eigenvalue weighted by Crippen LogP contribution is 2.29. The summed E-state index contributed by atoms with van der Waals surface area (Å²) in [6, 6.07) is 8.86. The Labute approximate surface area is 121 Å². The second kappa shape index (κ2) is 4.50. The average molecular weight is 344 g/mol. The number of fused-ring (bicyclic) bond motifs is 1. The van der Waals surface area contributed by atoms with Crippen LogP contribution in [0.2, 0.25) is 10.2 Å². The summed E-state index contributed by atoms with van der Waals surface area (Å²) in [5, 5.41) is 13.4. The van der Waals surface area contributed by atoms with E-state index >= 15 is 0 Å². The van der Waals surface area contributed by atoms with Gasteiger partial charge in [0.1, 0.15) is 5.15 Å². The Balaban J connectivity index is 2.28. The van der Waals surface area contributed by atoms with E-state index in [-0.39, 0.29) is 0 Å². The van der Waals surface area contributed by atoms with Crippen LogP contribution in [-0.2, 0) is 0 Å². The van der Waals surface area contributed by atoms with E-state index in [0.29, 0.717) is 21.6 Å². The Hall–Kier alpha value is -1.17. The van der Waals surface area contributed by atoms with Crippen molar-refractivity contribution in [1.82, 2.24) is 19.8 Å². The van der Waals surface area contributed by atoms with Gasteiger partial charge in [0.25, 0.3) is 0 Å². The molecule has 2 heterocycles. The van der Waals surface area contributed by atoms with Gasteiger partial charge in [-0.05, 0) is 46.3 Å². The molecular formula is C11H5BrCl2N4. The van der Waals surface area contributed by atoms with Gasteiger partial charge in [-0.15, -0.1) is 10.2 Å². The molecule has 0 amide bonds. The minimum absolute atomic E-state index is 0.383. The van der Waals surface area contributed by atoms with Gasteiger partial charge in [-0.2, -0.15) is 9.61 Å². The molecule has 1 aromatic carbocycles. The Bertz CT molecular complexity index is 741. The maximum absolute atomic E-state index is 5.91. The molecule has 0 saturated carbocycles. The van der Waals surface area contributed by atoms with Gasteiger partial charge in [0.2, 0.25) is 0 Å². The number of benzene rings is 1. The van der Waals surface area contributed by atoms with Crippen LogP contribution in [0.5, 0.6) is 0 Å². The van der Waals surface area contributed by atoms with Gasteiger partial charge in [0.05, 0.1) is 0 Å². The Morgan fingerprint density at radius 3 is 2.67 bits per heavy atom. The van der Waals surface area contributed by atoms with E-state index in [2.05, 4.69) is 31.2 Å². The van der Waals surface area contributed by atoms with Crippen LogP contribution in [0.3, 0.4) is 0 Å². The highest BCUT2D eigenvalue weighted by molar-refractivity contribution is 9.10. The first-order chi connectivity index (χ1) is 8.65. The van der Waals surface area contributed by atoms with Crippen molar-refractivity contribution >= 4 is 44.8 Å². The normalized spacial score (nSPS) is 11.1. The number of aromatic nitrogens is 4. The Morgan fingerprint density at radius 2 is 1.89 bits per heavy atom. The maximum atomic E-state index is 5.91. The summed E-state index contributed by atoms with van der Waals surface area (Å²) in [5.74, 6) is 0.607. The molecule has 0 saturated heterocycles. The average Bonchev–Trinajstić information content (AvgIpc) is 2.72. The SMILES string of the molecule is Clc1ccc(-c2nnc3ccc(Cl)nn23)c(Br)c1. The molecule has 3 aromatic rings. The van der Waals surface area contributed by atoms with Crippen LogP contribution in [0.4, 0.5) is 0 Å². The molecule has 0 radical (unpaired) electrons. The number of nitrogens with zero attached hydrogens (tertiary/aromatic N) is 4.